The van der Waals surface area contributed by atoms with E-state index in [9.17, 15) is 19.2 Å². The zero-order valence-corrected chi connectivity index (χ0v) is 25.1. The summed E-state index contributed by atoms with van der Waals surface area (Å²) in [6.07, 6.45) is 6.71. The van der Waals surface area contributed by atoms with Gasteiger partial charge in [-0.05, 0) is 70.1 Å². The Morgan fingerprint density at radius 1 is 0.952 bits per heavy atom. The van der Waals surface area contributed by atoms with E-state index in [0.717, 1.165) is 35.0 Å². The molecule has 2 saturated heterocycles. The molecule has 3 aliphatic rings. The summed E-state index contributed by atoms with van der Waals surface area (Å²) in [7, 11) is 0. The first kappa shape index (κ1) is 29.7. The molecule has 2 aromatic rings. The van der Waals surface area contributed by atoms with Crippen molar-refractivity contribution in [3.8, 4) is 0 Å². The van der Waals surface area contributed by atoms with Gasteiger partial charge < -0.3 is 15.5 Å². The van der Waals surface area contributed by atoms with Gasteiger partial charge in [0.25, 0.3) is 5.91 Å². The van der Waals surface area contributed by atoms with Crippen LogP contribution >= 0.6 is 0 Å². The molecule has 1 aromatic carbocycles. The van der Waals surface area contributed by atoms with Gasteiger partial charge in [-0.3, -0.25) is 29.2 Å². The standard InChI is InChI=1S/C32H42N6O4/c1-19(2)27-28(39)33-20(3)29(40)38-17-6-8-24(36-38)30(41)37-16-7-9-26(37)23-13-12-22-11-10-21(18-25(22)34-23)14-15-32(4,5)31(42)35-27/h10-15,18-20,24,26-27,36H,6-9,16-17H2,1-5H3,(H,33,39)(H,35,42)/t20-,24-,26+,27-/m0/s1. The predicted molar refractivity (Wildman–Crippen MR) is 160 cm³/mol. The number of nitrogens with zero attached hydrogens (tertiary/aromatic N) is 3. The van der Waals surface area contributed by atoms with Crippen LogP contribution in [0.2, 0.25) is 0 Å². The van der Waals surface area contributed by atoms with Crippen molar-refractivity contribution < 1.29 is 19.2 Å². The first-order valence-corrected chi connectivity index (χ1v) is 15.0. The summed E-state index contributed by atoms with van der Waals surface area (Å²) in [5.41, 5.74) is 4.81. The van der Waals surface area contributed by atoms with E-state index in [1.807, 2.05) is 61.2 Å². The van der Waals surface area contributed by atoms with Gasteiger partial charge in [0.2, 0.25) is 17.7 Å². The van der Waals surface area contributed by atoms with Gasteiger partial charge in [-0.15, -0.1) is 0 Å². The SMILES string of the molecule is CC(C)[C@@H]1NC(=O)C(C)(C)C=Cc2ccc3ccc(nc3c2)[C@H]2CCCN2C(=O)[C@@H]2CCCN(N2)C(=O)[C@H](C)NC1=O. The number of aromatic nitrogens is 1. The lowest BCUT2D eigenvalue weighted by molar-refractivity contribution is -0.146. The Hall–Kier alpha value is -3.79. The van der Waals surface area contributed by atoms with E-state index in [-0.39, 0.29) is 29.7 Å². The maximum Gasteiger partial charge on any atom is 0.258 e. The average Bonchev–Trinajstić information content (AvgIpc) is 3.47. The van der Waals surface area contributed by atoms with Gasteiger partial charge in [0.05, 0.1) is 22.7 Å². The lowest BCUT2D eigenvalue weighted by atomic mass is 9.89. The van der Waals surface area contributed by atoms with E-state index in [4.69, 9.17) is 4.98 Å². The van der Waals surface area contributed by atoms with Gasteiger partial charge in [-0.1, -0.05) is 44.2 Å². The van der Waals surface area contributed by atoms with Crippen LogP contribution < -0.4 is 16.1 Å². The molecular formula is C32H42N6O4. The summed E-state index contributed by atoms with van der Waals surface area (Å²) in [5.74, 6) is -1.29. The molecule has 1 aromatic heterocycles. The van der Waals surface area contributed by atoms with Crippen molar-refractivity contribution in [3.63, 3.8) is 0 Å². The van der Waals surface area contributed by atoms with Crippen molar-refractivity contribution in [2.24, 2.45) is 11.3 Å². The first-order chi connectivity index (χ1) is 19.9. The second kappa shape index (κ2) is 11.8. The van der Waals surface area contributed by atoms with Crippen molar-refractivity contribution in [2.75, 3.05) is 13.1 Å². The highest BCUT2D eigenvalue weighted by molar-refractivity contribution is 5.94. The fourth-order valence-electron chi connectivity index (χ4n) is 5.94. The molecule has 0 saturated carbocycles. The second-order valence-electron chi connectivity index (χ2n) is 12.7. The van der Waals surface area contributed by atoms with Gasteiger partial charge in [-0.2, -0.15) is 0 Å². The topological polar surface area (TPSA) is 124 Å². The van der Waals surface area contributed by atoms with Crippen molar-refractivity contribution in [2.45, 2.75) is 84.5 Å². The van der Waals surface area contributed by atoms with Crippen molar-refractivity contribution in [1.82, 2.24) is 31.0 Å². The van der Waals surface area contributed by atoms with Crippen molar-refractivity contribution in [1.29, 1.82) is 0 Å². The quantitative estimate of drug-likeness (QED) is 0.481. The highest BCUT2D eigenvalue weighted by Crippen LogP contribution is 2.33. The molecular weight excluding hydrogens is 532 g/mol. The lowest BCUT2D eigenvalue weighted by Crippen LogP contribution is -2.62. The Labute approximate surface area is 247 Å². The molecule has 10 heteroatoms. The van der Waals surface area contributed by atoms with Crippen molar-refractivity contribution in [3.05, 3.63) is 47.7 Å². The van der Waals surface area contributed by atoms with Crippen LogP contribution in [0.4, 0.5) is 0 Å². The fraction of sp³-hybridized carbons (Fsp3) is 0.531. The van der Waals surface area contributed by atoms with Crippen LogP contribution in [-0.4, -0.2) is 69.7 Å². The van der Waals surface area contributed by atoms with Gasteiger partial charge in [0.15, 0.2) is 0 Å². The number of hydrogen-bond donors (Lipinski definition) is 3. The number of pyridine rings is 1. The second-order valence-corrected chi connectivity index (χ2v) is 12.7. The number of hydrazine groups is 1. The first-order valence-electron chi connectivity index (χ1n) is 15.0. The number of carbonyl (C=O) groups excluding carboxylic acids is 4. The van der Waals surface area contributed by atoms with E-state index in [0.29, 0.717) is 25.9 Å². The number of fused-ring (bicyclic) bond motifs is 6. The molecule has 0 radical (unpaired) electrons. The van der Waals surface area contributed by atoms with Crippen LogP contribution in [0.1, 0.15) is 77.6 Å². The van der Waals surface area contributed by atoms with Crippen LogP contribution in [0.15, 0.2) is 36.4 Å². The van der Waals surface area contributed by atoms with Crippen LogP contribution in [0.25, 0.3) is 17.0 Å². The normalized spacial score (nSPS) is 27.3. The largest absolute Gasteiger partial charge is 0.343 e. The monoisotopic (exact) mass is 574 g/mol. The number of rotatable bonds is 1. The van der Waals surface area contributed by atoms with Gasteiger partial charge >= 0.3 is 0 Å². The fourth-order valence-corrected chi connectivity index (χ4v) is 5.94. The molecule has 0 spiro atoms. The molecule has 0 aliphatic carbocycles. The molecule has 0 unspecified atom stereocenters. The third kappa shape index (κ3) is 6.04. The summed E-state index contributed by atoms with van der Waals surface area (Å²) in [6, 6.07) is 7.66. The molecule has 42 heavy (non-hydrogen) atoms. The zero-order valence-electron chi connectivity index (χ0n) is 25.1. The molecule has 3 N–H and O–H groups in total. The van der Waals surface area contributed by atoms with Crippen LogP contribution in [0.5, 0.6) is 0 Å². The minimum absolute atomic E-state index is 0.0408. The van der Waals surface area contributed by atoms with E-state index in [2.05, 4.69) is 16.1 Å². The van der Waals surface area contributed by atoms with Crippen LogP contribution in [0.3, 0.4) is 0 Å². The molecule has 10 nitrogen and oxygen atoms in total. The van der Waals surface area contributed by atoms with E-state index in [1.54, 1.807) is 20.8 Å². The van der Waals surface area contributed by atoms with Gasteiger partial charge in [0, 0.05) is 18.5 Å². The number of carbonyl (C=O) groups is 4. The molecule has 4 amide bonds. The van der Waals surface area contributed by atoms with E-state index >= 15 is 0 Å². The van der Waals surface area contributed by atoms with Crippen LogP contribution in [0, 0.1) is 11.3 Å². The summed E-state index contributed by atoms with van der Waals surface area (Å²) >= 11 is 0. The van der Waals surface area contributed by atoms with Gasteiger partial charge in [0.1, 0.15) is 18.1 Å². The summed E-state index contributed by atoms with van der Waals surface area (Å²) in [6.45, 7) is 10.0. The maximum absolute atomic E-state index is 13.8. The Morgan fingerprint density at radius 2 is 1.69 bits per heavy atom. The van der Waals surface area contributed by atoms with Crippen LogP contribution in [-0.2, 0) is 19.2 Å². The number of nitrogens with one attached hydrogen (secondary N) is 3. The van der Waals surface area contributed by atoms with E-state index < -0.39 is 29.4 Å². The predicted octanol–water partition coefficient (Wildman–Crippen LogP) is 3.09. The number of amides is 4. The smallest absolute Gasteiger partial charge is 0.258 e. The third-order valence-corrected chi connectivity index (χ3v) is 8.61. The van der Waals surface area contributed by atoms with E-state index in [1.165, 1.54) is 5.01 Å². The minimum atomic E-state index is -0.907. The highest BCUT2D eigenvalue weighted by atomic mass is 16.2. The lowest BCUT2D eigenvalue weighted by Gasteiger charge is -2.37. The Bertz CT molecular complexity index is 1420. The molecule has 5 rings (SSSR count). The molecule has 3 aliphatic heterocycles. The molecule has 4 atom stereocenters. The Balaban J connectivity index is 1.53. The summed E-state index contributed by atoms with van der Waals surface area (Å²) < 4.78 is 0. The van der Waals surface area contributed by atoms with Crippen molar-refractivity contribution >= 4 is 40.6 Å². The Kier molecular flexibility index (Phi) is 8.37. The number of benzene rings is 1. The molecule has 4 heterocycles. The minimum Gasteiger partial charge on any atom is -0.343 e. The average molecular weight is 575 g/mol. The molecule has 224 valence electrons. The van der Waals surface area contributed by atoms with Gasteiger partial charge in [-0.25, -0.2) is 5.43 Å². The number of hydrogen-bond acceptors (Lipinski definition) is 6. The maximum atomic E-state index is 13.8. The Morgan fingerprint density at radius 3 is 2.45 bits per heavy atom. The summed E-state index contributed by atoms with van der Waals surface area (Å²) in [4.78, 5) is 60.7. The summed E-state index contributed by atoms with van der Waals surface area (Å²) in [5, 5.41) is 8.14. The molecule has 2 fully saturated rings. The highest BCUT2D eigenvalue weighted by Gasteiger charge is 2.38. The zero-order chi connectivity index (χ0) is 30.2. The molecule has 5 bridgehead atoms. The third-order valence-electron chi connectivity index (χ3n) is 8.61.